The van der Waals surface area contributed by atoms with Crippen LogP contribution in [0.15, 0.2) is 59.7 Å². The molecule has 2 aromatic carbocycles. The summed E-state index contributed by atoms with van der Waals surface area (Å²) in [6.07, 6.45) is 4.95. The number of anilines is 1. The lowest BCUT2D eigenvalue weighted by molar-refractivity contribution is -0.0428. The number of hydrogen-bond acceptors (Lipinski definition) is 8. The van der Waals surface area contributed by atoms with Crippen molar-refractivity contribution >= 4 is 5.82 Å². The van der Waals surface area contributed by atoms with Crippen molar-refractivity contribution in [3.05, 3.63) is 87.6 Å². The number of benzene rings is 2. The van der Waals surface area contributed by atoms with Gasteiger partial charge in [-0.3, -0.25) is 4.79 Å². The van der Waals surface area contributed by atoms with E-state index in [2.05, 4.69) is 32.1 Å². The zero-order chi connectivity index (χ0) is 27.6. The average Bonchev–Trinajstić information content (AvgIpc) is 3.40. The van der Waals surface area contributed by atoms with Gasteiger partial charge in [-0.25, -0.2) is 14.6 Å². The molecule has 1 unspecified atom stereocenters. The van der Waals surface area contributed by atoms with Gasteiger partial charge in [-0.15, -0.1) is 0 Å². The molecule has 0 spiro atoms. The zero-order valence-electron chi connectivity index (χ0n) is 23.1. The molecule has 2 aliphatic rings. The molecule has 2 aliphatic heterocycles. The number of rotatable bonds is 7. The number of hydrogen-bond donors (Lipinski definition) is 0. The molecule has 1 atom stereocenters. The van der Waals surface area contributed by atoms with Crippen molar-refractivity contribution in [3.8, 4) is 28.5 Å². The van der Waals surface area contributed by atoms with Gasteiger partial charge in [0.2, 0.25) is 5.88 Å². The molecule has 0 radical (unpaired) electrons. The van der Waals surface area contributed by atoms with Crippen LogP contribution in [0.4, 0.5) is 5.82 Å². The molecule has 2 aromatic heterocycles. The molecule has 0 saturated carbocycles. The largest absolute Gasteiger partial charge is 0.497 e. The van der Waals surface area contributed by atoms with E-state index in [1.165, 1.54) is 10.2 Å². The van der Waals surface area contributed by atoms with Gasteiger partial charge in [0.05, 0.1) is 18.4 Å². The van der Waals surface area contributed by atoms with Gasteiger partial charge in [0.25, 0.3) is 5.56 Å². The van der Waals surface area contributed by atoms with Gasteiger partial charge in [0.1, 0.15) is 23.6 Å². The van der Waals surface area contributed by atoms with Crippen LogP contribution in [0.25, 0.3) is 11.1 Å². The standard InChI is InChI=1S/C31H33N5O4/c1-20-28(21(2)34-36(31(20)37)27-6-4-5-17-39-27)23-9-13-25(14-10-23)40-30-26-15-16-35(29(26)32-19-33-30)18-22-7-11-24(38-3)12-8-22/h7-14,19,27H,4-6,15-18H2,1-3H3. The summed E-state index contributed by atoms with van der Waals surface area (Å²) in [5, 5.41) is 4.63. The molecule has 40 heavy (non-hydrogen) atoms. The fourth-order valence-electron chi connectivity index (χ4n) is 5.57. The molecule has 1 fully saturated rings. The number of fused-ring (bicyclic) bond motifs is 1. The predicted octanol–water partition coefficient (Wildman–Crippen LogP) is 5.38. The van der Waals surface area contributed by atoms with E-state index in [0.29, 0.717) is 23.8 Å². The van der Waals surface area contributed by atoms with Crippen LogP contribution >= 0.6 is 0 Å². The monoisotopic (exact) mass is 539 g/mol. The number of methoxy groups -OCH3 is 1. The molecule has 9 nitrogen and oxygen atoms in total. The van der Waals surface area contributed by atoms with E-state index in [1.54, 1.807) is 13.4 Å². The Balaban J connectivity index is 1.20. The summed E-state index contributed by atoms with van der Waals surface area (Å²) in [6.45, 7) is 6.06. The molecule has 0 aliphatic carbocycles. The molecular weight excluding hydrogens is 506 g/mol. The average molecular weight is 540 g/mol. The van der Waals surface area contributed by atoms with Gasteiger partial charge in [-0.2, -0.15) is 5.10 Å². The first-order chi connectivity index (χ1) is 19.5. The van der Waals surface area contributed by atoms with Crippen molar-refractivity contribution in [2.24, 2.45) is 0 Å². The minimum absolute atomic E-state index is 0.108. The van der Waals surface area contributed by atoms with E-state index in [4.69, 9.17) is 14.2 Å². The van der Waals surface area contributed by atoms with Crippen molar-refractivity contribution in [1.29, 1.82) is 0 Å². The van der Waals surface area contributed by atoms with Gasteiger partial charge in [0.15, 0.2) is 6.23 Å². The summed E-state index contributed by atoms with van der Waals surface area (Å²) in [5.74, 6) is 2.98. The molecule has 4 aromatic rings. The number of ether oxygens (including phenoxy) is 3. The third-order valence-corrected chi connectivity index (χ3v) is 7.66. The van der Waals surface area contributed by atoms with Crippen molar-refractivity contribution < 1.29 is 14.2 Å². The molecule has 0 amide bonds. The van der Waals surface area contributed by atoms with Crippen molar-refractivity contribution in [3.63, 3.8) is 0 Å². The zero-order valence-corrected chi connectivity index (χ0v) is 23.1. The van der Waals surface area contributed by atoms with Crippen LogP contribution in [0.2, 0.25) is 0 Å². The third kappa shape index (κ3) is 5.04. The fraction of sp³-hybridized carbons (Fsp3) is 0.355. The lowest BCUT2D eigenvalue weighted by Crippen LogP contribution is -2.33. The summed E-state index contributed by atoms with van der Waals surface area (Å²) in [5.41, 5.74) is 5.31. The smallest absolute Gasteiger partial charge is 0.272 e. The van der Waals surface area contributed by atoms with Crippen LogP contribution in [0.1, 0.15) is 47.9 Å². The first-order valence-electron chi connectivity index (χ1n) is 13.7. The molecule has 206 valence electrons. The van der Waals surface area contributed by atoms with Gasteiger partial charge in [0, 0.05) is 30.8 Å². The Morgan fingerprint density at radius 1 is 1.00 bits per heavy atom. The highest BCUT2D eigenvalue weighted by molar-refractivity contribution is 5.69. The topological polar surface area (TPSA) is 91.6 Å². The molecule has 0 bridgehead atoms. The summed E-state index contributed by atoms with van der Waals surface area (Å²) in [7, 11) is 1.67. The highest BCUT2D eigenvalue weighted by Crippen LogP contribution is 2.35. The molecule has 4 heterocycles. The minimum Gasteiger partial charge on any atom is -0.497 e. The fourth-order valence-corrected chi connectivity index (χ4v) is 5.57. The van der Waals surface area contributed by atoms with Crippen molar-refractivity contribution in [2.75, 3.05) is 25.2 Å². The Kier molecular flexibility index (Phi) is 7.21. The summed E-state index contributed by atoms with van der Waals surface area (Å²) in [4.78, 5) is 24.4. The normalized spacial score (nSPS) is 16.6. The Hall–Kier alpha value is -4.24. The second kappa shape index (κ2) is 11.1. The Morgan fingerprint density at radius 2 is 1.77 bits per heavy atom. The van der Waals surface area contributed by atoms with Crippen molar-refractivity contribution in [2.45, 2.75) is 52.3 Å². The van der Waals surface area contributed by atoms with Crippen LogP contribution in [-0.4, -0.2) is 40.0 Å². The van der Waals surface area contributed by atoms with Gasteiger partial charge < -0.3 is 19.1 Å². The Morgan fingerprint density at radius 3 is 2.50 bits per heavy atom. The second-order valence-corrected chi connectivity index (χ2v) is 10.3. The molecule has 1 saturated heterocycles. The first kappa shape index (κ1) is 26.0. The maximum atomic E-state index is 13.2. The minimum atomic E-state index is -0.287. The molecular formula is C31H33N5O4. The van der Waals surface area contributed by atoms with Crippen LogP contribution in [0.3, 0.4) is 0 Å². The van der Waals surface area contributed by atoms with E-state index in [0.717, 1.165) is 72.7 Å². The maximum absolute atomic E-state index is 13.2. The highest BCUT2D eigenvalue weighted by Gasteiger charge is 2.26. The predicted molar refractivity (Wildman–Crippen MR) is 152 cm³/mol. The molecule has 9 heteroatoms. The van der Waals surface area contributed by atoms with E-state index in [-0.39, 0.29) is 11.8 Å². The highest BCUT2D eigenvalue weighted by atomic mass is 16.5. The quantitative estimate of drug-likeness (QED) is 0.309. The summed E-state index contributed by atoms with van der Waals surface area (Å²) >= 11 is 0. The molecule has 6 rings (SSSR count). The summed E-state index contributed by atoms with van der Waals surface area (Å²) in [6, 6.07) is 15.8. The summed E-state index contributed by atoms with van der Waals surface area (Å²) < 4.78 is 18.8. The van der Waals surface area contributed by atoms with Crippen LogP contribution < -0.4 is 19.9 Å². The van der Waals surface area contributed by atoms with Crippen molar-refractivity contribution in [1.82, 2.24) is 19.7 Å². The van der Waals surface area contributed by atoms with Crippen LogP contribution in [0.5, 0.6) is 17.4 Å². The third-order valence-electron chi connectivity index (χ3n) is 7.66. The second-order valence-electron chi connectivity index (χ2n) is 10.3. The SMILES string of the molecule is COc1ccc(CN2CCc3c(Oc4ccc(-c5c(C)nn(C6CCCCO6)c(=O)c5C)cc4)ncnc32)cc1. The lowest BCUT2D eigenvalue weighted by Gasteiger charge is -2.24. The Bertz CT molecular complexity index is 1560. The number of aromatic nitrogens is 4. The Labute approximate surface area is 233 Å². The van der Waals surface area contributed by atoms with E-state index in [1.807, 2.05) is 50.2 Å². The van der Waals surface area contributed by atoms with Gasteiger partial charge in [-0.05, 0) is 74.9 Å². The lowest BCUT2D eigenvalue weighted by atomic mass is 10.0. The van der Waals surface area contributed by atoms with E-state index < -0.39 is 0 Å². The maximum Gasteiger partial charge on any atom is 0.272 e. The van der Waals surface area contributed by atoms with Crippen LogP contribution in [-0.2, 0) is 17.7 Å². The van der Waals surface area contributed by atoms with E-state index in [9.17, 15) is 4.79 Å². The first-order valence-corrected chi connectivity index (χ1v) is 13.7. The number of nitrogens with zero attached hydrogens (tertiary/aromatic N) is 5. The van der Waals surface area contributed by atoms with Crippen LogP contribution in [0, 0.1) is 13.8 Å². The van der Waals surface area contributed by atoms with E-state index >= 15 is 0 Å². The molecule has 0 N–H and O–H groups in total. The van der Waals surface area contributed by atoms with Gasteiger partial charge in [-0.1, -0.05) is 24.3 Å². The van der Waals surface area contributed by atoms with Gasteiger partial charge >= 0.3 is 0 Å². The number of aryl methyl sites for hydroxylation is 1.